The third-order valence-corrected chi connectivity index (χ3v) is 1.48. The molecule has 10 heavy (non-hydrogen) atoms. The summed E-state index contributed by atoms with van der Waals surface area (Å²) in [7, 11) is 0. The average Bonchev–Trinajstić information content (AvgIpc) is 2.31. The summed E-state index contributed by atoms with van der Waals surface area (Å²) < 4.78 is 0. The van der Waals surface area contributed by atoms with Crippen molar-refractivity contribution in [2.24, 2.45) is 0 Å². The van der Waals surface area contributed by atoms with E-state index >= 15 is 0 Å². The monoisotopic (exact) mass is 200 g/mol. The molecule has 0 atom stereocenters. The van der Waals surface area contributed by atoms with Crippen LogP contribution in [-0.2, 0) is 0 Å². The number of aromatic nitrogens is 2. The van der Waals surface area contributed by atoms with Crippen LogP contribution in [0.5, 0.6) is 0 Å². The summed E-state index contributed by atoms with van der Waals surface area (Å²) in [5, 5.41) is 0.880. The molecule has 0 saturated heterocycles. The molecular weight excluding hydrogens is 192 g/mol. The molecule has 1 aromatic heterocycles. The van der Waals surface area contributed by atoms with E-state index in [9.17, 15) is 0 Å². The van der Waals surface area contributed by atoms with E-state index in [-0.39, 0.29) is 0 Å². The number of alkyl halides is 1. The number of hydrogen-bond acceptors (Lipinski definition) is 1. The van der Waals surface area contributed by atoms with Crippen LogP contribution in [0.25, 0.3) is 6.08 Å². The summed E-state index contributed by atoms with van der Waals surface area (Å²) in [5.74, 6) is 0.953. The fourth-order valence-corrected chi connectivity index (χ4v) is 0.883. The second-order valence-corrected chi connectivity index (χ2v) is 2.63. The molecule has 0 aliphatic carbocycles. The van der Waals surface area contributed by atoms with Crippen LogP contribution >= 0.6 is 15.9 Å². The fraction of sp³-hybridized carbons (Fsp3) is 0.286. The van der Waals surface area contributed by atoms with Crippen LogP contribution in [0.3, 0.4) is 0 Å². The molecule has 0 aromatic carbocycles. The number of imidazole rings is 1. The Labute approximate surface area is 68.5 Å². The Morgan fingerprint density at radius 3 is 3.10 bits per heavy atom. The summed E-state index contributed by atoms with van der Waals surface area (Å²) in [6.45, 7) is 1.94. The highest BCUT2D eigenvalue weighted by Crippen LogP contribution is 1.98. The van der Waals surface area contributed by atoms with Gasteiger partial charge in [0.1, 0.15) is 5.82 Å². The van der Waals surface area contributed by atoms with Crippen molar-refractivity contribution in [1.82, 2.24) is 9.97 Å². The normalized spacial score (nSPS) is 11.0. The van der Waals surface area contributed by atoms with Gasteiger partial charge in [-0.2, -0.15) is 0 Å². The molecule has 2 nitrogen and oxygen atoms in total. The van der Waals surface area contributed by atoms with Gasteiger partial charge in [-0.3, -0.25) is 0 Å². The quantitative estimate of drug-likeness (QED) is 0.729. The molecule has 0 aliphatic rings. The van der Waals surface area contributed by atoms with E-state index in [1.165, 1.54) is 0 Å². The second-order valence-electron chi connectivity index (χ2n) is 1.98. The molecule has 1 aromatic rings. The molecule has 0 radical (unpaired) electrons. The lowest BCUT2D eigenvalue weighted by atomic mass is 10.4. The zero-order valence-electron chi connectivity index (χ0n) is 5.76. The first-order chi connectivity index (χ1) is 4.83. The molecular formula is C7H9BrN2. The minimum absolute atomic E-state index is 0.880. The fourth-order valence-electron chi connectivity index (χ4n) is 0.696. The predicted octanol–water partition coefficient (Wildman–Crippen LogP) is 2.13. The zero-order chi connectivity index (χ0) is 7.40. The van der Waals surface area contributed by atoms with Gasteiger partial charge in [-0.1, -0.05) is 22.0 Å². The van der Waals surface area contributed by atoms with Gasteiger partial charge in [0.2, 0.25) is 0 Å². The Bertz CT molecular complexity index is 227. The van der Waals surface area contributed by atoms with E-state index in [0.717, 1.165) is 16.8 Å². The number of hydrogen-bond donors (Lipinski definition) is 1. The summed E-state index contributed by atoms with van der Waals surface area (Å²) in [6, 6.07) is 0. The molecule has 0 fully saturated rings. The van der Waals surface area contributed by atoms with Crippen molar-refractivity contribution in [3.63, 3.8) is 0 Å². The van der Waals surface area contributed by atoms with Crippen molar-refractivity contribution in [2.75, 3.05) is 5.33 Å². The van der Waals surface area contributed by atoms with E-state index in [0.29, 0.717) is 0 Å². The third kappa shape index (κ3) is 1.99. The Hall–Kier alpha value is -0.570. The van der Waals surface area contributed by atoms with Gasteiger partial charge >= 0.3 is 0 Å². The minimum Gasteiger partial charge on any atom is -0.343 e. The summed E-state index contributed by atoms with van der Waals surface area (Å²) in [6.07, 6.45) is 5.83. The van der Waals surface area contributed by atoms with Crippen LogP contribution in [0, 0.1) is 6.92 Å². The number of halogens is 1. The number of rotatable bonds is 2. The van der Waals surface area contributed by atoms with Crippen LogP contribution in [-0.4, -0.2) is 15.3 Å². The van der Waals surface area contributed by atoms with Crippen molar-refractivity contribution in [1.29, 1.82) is 0 Å². The van der Waals surface area contributed by atoms with Gasteiger partial charge in [0.25, 0.3) is 0 Å². The molecule has 1 heterocycles. The topological polar surface area (TPSA) is 28.7 Å². The highest BCUT2D eigenvalue weighted by atomic mass is 79.9. The number of nitrogens with one attached hydrogen (secondary N) is 1. The summed E-state index contributed by atoms with van der Waals surface area (Å²) in [4.78, 5) is 7.14. The maximum atomic E-state index is 4.05. The van der Waals surface area contributed by atoms with Gasteiger partial charge in [0.05, 0.1) is 11.9 Å². The van der Waals surface area contributed by atoms with E-state index in [4.69, 9.17) is 0 Å². The lowest BCUT2D eigenvalue weighted by Gasteiger charge is -1.81. The van der Waals surface area contributed by atoms with Crippen LogP contribution in [0.1, 0.15) is 11.5 Å². The molecule has 0 unspecified atom stereocenters. The number of allylic oxidation sites excluding steroid dienone is 1. The van der Waals surface area contributed by atoms with Gasteiger partial charge in [0, 0.05) is 5.33 Å². The van der Waals surface area contributed by atoms with Crippen LogP contribution < -0.4 is 0 Å². The van der Waals surface area contributed by atoms with Crippen molar-refractivity contribution in [2.45, 2.75) is 6.92 Å². The smallest absolute Gasteiger partial charge is 0.103 e. The summed E-state index contributed by atoms with van der Waals surface area (Å²) >= 11 is 3.29. The van der Waals surface area contributed by atoms with Gasteiger partial charge in [-0.25, -0.2) is 4.98 Å². The molecule has 3 heteroatoms. The lowest BCUT2D eigenvalue weighted by molar-refractivity contribution is 1.15. The Balaban J connectivity index is 2.67. The SMILES string of the molecule is Cc1ncc(C=CCBr)[nH]1. The highest BCUT2D eigenvalue weighted by molar-refractivity contribution is 9.09. The number of H-pyrrole nitrogens is 1. The lowest BCUT2D eigenvalue weighted by Crippen LogP contribution is -1.72. The van der Waals surface area contributed by atoms with Crippen LogP contribution in [0.15, 0.2) is 12.3 Å². The van der Waals surface area contributed by atoms with Gasteiger partial charge in [-0.05, 0) is 13.0 Å². The van der Waals surface area contributed by atoms with Crippen molar-refractivity contribution >= 4 is 22.0 Å². The first-order valence-corrected chi connectivity index (χ1v) is 4.19. The van der Waals surface area contributed by atoms with E-state index < -0.39 is 0 Å². The maximum absolute atomic E-state index is 4.05. The molecule has 54 valence electrons. The number of aryl methyl sites for hydroxylation is 1. The molecule has 0 bridgehead atoms. The standard InChI is InChI=1S/C7H9BrN2/c1-6-9-5-7(10-6)3-2-4-8/h2-3,5H,4H2,1H3,(H,9,10). The van der Waals surface area contributed by atoms with Crippen molar-refractivity contribution < 1.29 is 0 Å². The van der Waals surface area contributed by atoms with Gasteiger partial charge in [-0.15, -0.1) is 0 Å². The molecule has 0 aliphatic heterocycles. The van der Waals surface area contributed by atoms with Crippen molar-refractivity contribution in [3.8, 4) is 0 Å². The van der Waals surface area contributed by atoms with Gasteiger partial charge in [0.15, 0.2) is 0 Å². The second kappa shape index (κ2) is 3.56. The van der Waals surface area contributed by atoms with Gasteiger partial charge < -0.3 is 4.98 Å². The Kier molecular flexibility index (Phi) is 2.68. The minimum atomic E-state index is 0.880. The van der Waals surface area contributed by atoms with E-state index in [2.05, 4.69) is 25.9 Å². The van der Waals surface area contributed by atoms with Crippen molar-refractivity contribution in [3.05, 3.63) is 23.8 Å². The highest BCUT2D eigenvalue weighted by Gasteiger charge is 1.88. The Morgan fingerprint density at radius 1 is 1.80 bits per heavy atom. The molecule has 0 amide bonds. The maximum Gasteiger partial charge on any atom is 0.103 e. The van der Waals surface area contributed by atoms with Crippen LogP contribution in [0.4, 0.5) is 0 Å². The first kappa shape index (κ1) is 7.54. The predicted molar refractivity (Wildman–Crippen MR) is 46.2 cm³/mol. The van der Waals surface area contributed by atoms with E-state index in [1.54, 1.807) is 0 Å². The number of nitrogens with zero attached hydrogens (tertiary/aromatic N) is 1. The van der Waals surface area contributed by atoms with Crippen LogP contribution in [0.2, 0.25) is 0 Å². The largest absolute Gasteiger partial charge is 0.343 e. The van der Waals surface area contributed by atoms with E-state index in [1.807, 2.05) is 25.3 Å². The zero-order valence-corrected chi connectivity index (χ0v) is 7.35. The Morgan fingerprint density at radius 2 is 2.60 bits per heavy atom. The number of aromatic amines is 1. The third-order valence-electron chi connectivity index (χ3n) is 1.11. The molecule has 1 N–H and O–H groups in total. The molecule has 1 rings (SSSR count). The average molecular weight is 201 g/mol. The first-order valence-electron chi connectivity index (χ1n) is 3.07. The molecule has 0 saturated carbocycles. The summed E-state index contributed by atoms with van der Waals surface area (Å²) in [5.41, 5.74) is 1.05. The molecule has 0 spiro atoms.